The minimum absolute atomic E-state index is 0.607. The van der Waals surface area contributed by atoms with Crippen molar-refractivity contribution in [1.82, 2.24) is 0 Å². The van der Waals surface area contributed by atoms with Crippen LogP contribution < -0.4 is 0 Å². The molecule has 0 aliphatic carbocycles. The van der Waals surface area contributed by atoms with Crippen LogP contribution in [0, 0.1) is 0 Å². The normalized spacial score (nSPS) is 20.4. The molecule has 198 valence electrons. The number of hydrogen-bond acceptors (Lipinski definition) is 4. The molecule has 1 aliphatic rings. The van der Waals surface area contributed by atoms with Gasteiger partial charge in [0.05, 0.1) is 0 Å². The Kier molecular flexibility index (Phi) is 19.1. The van der Waals surface area contributed by atoms with Gasteiger partial charge in [-0.3, -0.25) is 0 Å². The summed E-state index contributed by atoms with van der Waals surface area (Å²) in [6.45, 7) is 10.3. The molecule has 1 heterocycles. The third-order valence-electron chi connectivity index (χ3n) is 6.93. The van der Waals surface area contributed by atoms with Gasteiger partial charge in [0, 0.05) is 26.2 Å². The molecule has 33 heavy (non-hydrogen) atoms. The van der Waals surface area contributed by atoms with Gasteiger partial charge in [-0.2, -0.15) is 0 Å². The molecule has 0 bridgehead atoms. The Morgan fingerprint density at radius 2 is 1.06 bits per heavy atom. The van der Waals surface area contributed by atoms with Gasteiger partial charge in [-0.05, 0) is 39.3 Å². The topological polar surface area (TPSA) is 36.9 Å². The van der Waals surface area contributed by atoms with Gasteiger partial charge in [0.15, 0.2) is 0 Å². The third-order valence-corrected chi connectivity index (χ3v) is 10.7. The Hall–Kier alpha value is 0.0569. The summed E-state index contributed by atoms with van der Waals surface area (Å²) >= 11 is 0. The van der Waals surface area contributed by atoms with E-state index in [1.165, 1.54) is 103 Å². The molecule has 0 aromatic carbocycles. The molecule has 1 atom stereocenters. The van der Waals surface area contributed by atoms with Crippen LogP contribution in [-0.2, 0) is 18.3 Å². The lowest BCUT2D eigenvalue weighted by atomic mass is 10.0. The second-order valence-electron chi connectivity index (χ2n) is 9.90. The second kappa shape index (κ2) is 20.3. The van der Waals surface area contributed by atoms with Gasteiger partial charge in [-0.25, -0.2) is 0 Å². The highest BCUT2D eigenvalue weighted by atomic mass is 28.4. The summed E-state index contributed by atoms with van der Waals surface area (Å²) in [5.41, 5.74) is 0. The van der Waals surface area contributed by atoms with Gasteiger partial charge in [-0.1, -0.05) is 110 Å². The van der Waals surface area contributed by atoms with Gasteiger partial charge < -0.3 is 18.3 Å². The summed E-state index contributed by atoms with van der Waals surface area (Å²) in [6.07, 6.45) is 24.3. The first kappa shape index (κ1) is 31.1. The van der Waals surface area contributed by atoms with Crippen LogP contribution in [0.3, 0.4) is 0 Å². The first-order valence-corrected chi connectivity index (χ1v) is 17.0. The standard InChI is InChI=1S/C28H58O4Si/c1-5-9-10-11-12-13-14-15-16-17-18-19-20-21-22-23-26-33(31-8-4)27-24-25-28(32-33,29-6-2)30-7-3/h5-27H2,1-4H3. The third kappa shape index (κ3) is 14.3. The molecule has 0 amide bonds. The highest BCUT2D eigenvalue weighted by Gasteiger charge is 2.50. The SMILES string of the molecule is CCCCCCCCCCCCCCCCCC[Si]1(OCC)CCCC(OCC)(OCC)O1. The van der Waals surface area contributed by atoms with Gasteiger partial charge >= 0.3 is 8.56 Å². The molecule has 1 saturated heterocycles. The molecule has 0 radical (unpaired) electrons. The van der Waals surface area contributed by atoms with E-state index in [1.54, 1.807) is 0 Å². The maximum absolute atomic E-state index is 6.58. The highest BCUT2D eigenvalue weighted by molar-refractivity contribution is 6.67. The van der Waals surface area contributed by atoms with Crippen molar-refractivity contribution < 1.29 is 18.3 Å². The smallest absolute Gasteiger partial charge is 0.342 e. The highest BCUT2D eigenvalue weighted by Crippen LogP contribution is 2.39. The van der Waals surface area contributed by atoms with E-state index in [0.717, 1.165) is 31.5 Å². The average Bonchev–Trinajstić information content (AvgIpc) is 2.79. The summed E-state index contributed by atoms with van der Waals surface area (Å²) in [4.78, 5) is 0. The molecular weight excluding hydrogens is 428 g/mol. The molecule has 0 N–H and O–H groups in total. The summed E-state index contributed by atoms with van der Waals surface area (Å²) in [5, 5.41) is 0. The number of ether oxygens (including phenoxy) is 2. The first-order valence-electron chi connectivity index (χ1n) is 14.8. The number of unbranched alkanes of at least 4 members (excludes halogenated alkanes) is 15. The Morgan fingerprint density at radius 3 is 1.48 bits per heavy atom. The molecule has 0 aromatic rings. The summed E-state index contributed by atoms with van der Waals surface area (Å²) in [6, 6.07) is 2.14. The van der Waals surface area contributed by atoms with E-state index in [0.29, 0.717) is 13.2 Å². The minimum Gasteiger partial charge on any atom is -0.394 e. The van der Waals surface area contributed by atoms with Crippen molar-refractivity contribution in [1.29, 1.82) is 0 Å². The van der Waals surface area contributed by atoms with E-state index in [1.807, 2.05) is 13.8 Å². The zero-order valence-corrected chi connectivity index (χ0v) is 23.9. The summed E-state index contributed by atoms with van der Waals surface area (Å²) in [5.74, 6) is -0.863. The minimum atomic E-state index is -2.25. The van der Waals surface area contributed by atoms with Crippen LogP contribution in [-0.4, -0.2) is 34.4 Å². The fourth-order valence-electron chi connectivity index (χ4n) is 5.20. The fourth-order valence-corrected chi connectivity index (χ4v) is 8.82. The van der Waals surface area contributed by atoms with Gasteiger partial charge in [-0.15, -0.1) is 0 Å². The van der Waals surface area contributed by atoms with Crippen molar-refractivity contribution in [2.75, 3.05) is 19.8 Å². The van der Waals surface area contributed by atoms with Gasteiger partial charge in [0.1, 0.15) is 0 Å². The van der Waals surface area contributed by atoms with E-state index >= 15 is 0 Å². The predicted molar refractivity (Wildman–Crippen MR) is 143 cm³/mol. The lowest BCUT2D eigenvalue weighted by Crippen LogP contribution is -2.56. The van der Waals surface area contributed by atoms with Crippen molar-refractivity contribution in [3.05, 3.63) is 0 Å². The van der Waals surface area contributed by atoms with Crippen LogP contribution in [0.25, 0.3) is 0 Å². The second-order valence-corrected chi connectivity index (χ2v) is 13.2. The van der Waals surface area contributed by atoms with Crippen LogP contribution in [0.4, 0.5) is 0 Å². The molecule has 5 heteroatoms. The van der Waals surface area contributed by atoms with E-state index in [4.69, 9.17) is 18.3 Å². The Morgan fingerprint density at radius 1 is 0.606 bits per heavy atom. The van der Waals surface area contributed by atoms with Crippen LogP contribution >= 0.6 is 0 Å². The van der Waals surface area contributed by atoms with Crippen LogP contribution in [0.15, 0.2) is 0 Å². The van der Waals surface area contributed by atoms with E-state index in [2.05, 4.69) is 13.8 Å². The molecule has 1 aliphatic heterocycles. The lowest BCUT2D eigenvalue weighted by Gasteiger charge is -2.45. The molecule has 0 aromatic heterocycles. The quantitative estimate of drug-likeness (QED) is 0.0819. The molecule has 1 fully saturated rings. The predicted octanol–water partition coefficient (Wildman–Crippen LogP) is 9.26. The van der Waals surface area contributed by atoms with E-state index in [9.17, 15) is 0 Å². The van der Waals surface area contributed by atoms with Crippen LogP contribution in [0.1, 0.15) is 143 Å². The molecule has 0 spiro atoms. The maximum Gasteiger partial charge on any atom is 0.342 e. The van der Waals surface area contributed by atoms with Gasteiger partial charge in [0.2, 0.25) is 0 Å². The average molecular weight is 487 g/mol. The van der Waals surface area contributed by atoms with Crippen molar-refractivity contribution in [2.24, 2.45) is 0 Å². The molecule has 4 nitrogen and oxygen atoms in total. The molecule has 1 rings (SSSR count). The van der Waals surface area contributed by atoms with E-state index < -0.39 is 14.5 Å². The van der Waals surface area contributed by atoms with E-state index in [-0.39, 0.29) is 0 Å². The largest absolute Gasteiger partial charge is 0.394 e. The maximum atomic E-state index is 6.58. The molecular formula is C28H58O4Si. The molecule has 1 unspecified atom stereocenters. The summed E-state index contributed by atoms with van der Waals surface area (Å²) < 4.78 is 24.8. The van der Waals surface area contributed by atoms with Crippen LogP contribution in [0.5, 0.6) is 0 Å². The Bertz CT molecular complexity index is 419. The Labute approximate surface area is 208 Å². The van der Waals surface area contributed by atoms with Crippen molar-refractivity contribution >= 4 is 8.56 Å². The summed E-state index contributed by atoms with van der Waals surface area (Å²) in [7, 11) is -2.25. The zero-order valence-electron chi connectivity index (χ0n) is 22.9. The zero-order chi connectivity index (χ0) is 24.1. The lowest BCUT2D eigenvalue weighted by molar-refractivity contribution is -0.358. The van der Waals surface area contributed by atoms with Gasteiger partial charge in [0.25, 0.3) is 5.97 Å². The first-order chi connectivity index (χ1) is 16.2. The number of rotatable bonds is 23. The Balaban J connectivity index is 2.09. The monoisotopic (exact) mass is 486 g/mol. The van der Waals surface area contributed by atoms with Crippen molar-refractivity contribution in [3.8, 4) is 0 Å². The molecule has 0 saturated carbocycles. The van der Waals surface area contributed by atoms with Crippen LogP contribution in [0.2, 0.25) is 12.1 Å². The number of hydrogen-bond donors (Lipinski definition) is 0. The fraction of sp³-hybridized carbons (Fsp3) is 1.00. The van der Waals surface area contributed by atoms with Crippen molar-refractivity contribution in [3.63, 3.8) is 0 Å². The van der Waals surface area contributed by atoms with Crippen molar-refractivity contribution in [2.45, 2.75) is 161 Å².